The molecule has 0 bridgehead atoms. The number of halogens is 2. The lowest BCUT2D eigenvalue weighted by Gasteiger charge is -2.21. The fourth-order valence-electron chi connectivity index (χ4n) is 2.09. The zero-order valence-electron chi connectivity index (χ0n) is 9.81. The van der Waals surface area contributed by atoms with E-state index >= 15 is 0 Å². The third kappa shape index (κ3) is 2.01. The van der Waals surface area contributed by atoms with Crippen molar-refractivity contribution in [3.8, 4) is 0 Å². The van der Waals surface area contributed by atoms with Crippen molar-refractivity contribution in [2.75, 3.05) is 12.3 Å². The van der Waals surface area contributed by atoms with Crippen LogP contribution in [0.1, 0.15) is 6.23 Å². The van der Waals surface area contributed by atoms with Crippen molar-refractivity contribution in [3.63, 3.8) is 0 Å². The van der Waals surface area contributed by atoms with Gasteiger partial charge in [-0.05, 0) is 6.07 Å². The molecule has 2 N–H and O–H groups in total. The second kappa shape index (κ2) is 4.52. The van der Waals surface area contributed by atoms with E-state index in [9.17, 15) is 18.1 Å². The minimum Gasteiger partial charge on any atom is -0.383 e. The van der Waals surface area contributed by atoms with Gasteiger partial charge >= 0.3 is 19.9 Å². The molecule has 2 saturated heterocycles. The maximum atomic E-state index is 14.2. The SMILES string of the molecule is Nc1ccn([C@@H]2O[C@@H]3CO[P+](=O)O[C@H]3C2(F)F)c(=O)n1. The fourth-order valence-corrected chi connectivity index (χ4v) is 2.88. The van der Waals surface area contributed by atoms with E-state index in [1.807, 2.05) is 0 Å². The summed E-state index contributed by atoms with van der Waals surface area (Å²) in [6.07, 6.45) is -3.72. The highest BCUT2D eigenvalue weighted by Gasteiger charge is 2.66. The van der Waals surface area contributed by atoms with Crippen LogP contribution in [0.3, 0.4) is 0 Å². The Labute approximate surface area is 111 Å². The standard InChI is InChI=1S/C9H8F2N3O5P/c10-9(11)6-4(3-17-20(16)19-6)18-7(9)14-2-1-5(12)13-8(14)15/h1-2,4,6-7H,3H2,(H-,12,13,15)/p+1/t4-,6-,7-/m1/s1. The van der Waals surface area contributed by atoms with Crippen molar-refractivity contribution < 1.29 is 27.1 Å². The zero-order chi connectivity index (χ0) is 14.5. The second-order valence-corrected chi connectivity index (χ2v) is 5.21. The molecule has 0 aliphatic carbocycles. The Morgan fingerprint density at radius 2 is 2.30 bits per heavy atom. The molecule has 2 fully saturated rings. The fraction of sp³-hybridized carbons (Fsp3) is 0.556. The highest BCUT2D eigenvalue weighted by Crippen LogP contribution is 2.50. The maximum Gasteiger partial charge on any atom is 0.698 e. The van der Waals surface area contributed by atoms with Gasteiger partial charge in [0.15, 0.2) is 0 Å². The molecule has 1 aromatic rings. The van der Waals surface area contributed by atoms with Gasteiger partial charge in [0.1, 0.15) is 18.5 Å². The summed E-state index contributed by atoms with van der Waals surface area (Å²) in [7, 11) is -2.62. The number of nitrogens with two attached hydrogens (primary N) is 1. The van der Waals surface area contributed by atoms with Crippen molar-refractivity contribution >= 4 is 14.1 Å². The molecule has 108 valence electrons. The minimum atomic E-state index is -3.55. The van der Waals surface area contributed by atoms with Crippen LogP contribution in [0.2, 0.25) is 0 Å². The molecular weight excluding hydrogens is 299 g/mol. The van der Waals surface area contributed by atoms with Gasteiger partial charge < -0.3 is 10.5 Å². The molecule has 1 unspecified atom stereocenters. The summed E-state index contributed by atoms with van der Waals surface area (Å²) in [5.74, 6) is -3.64. The normalized spacial score (nSPS) is 33.9. The Morgan fingerprint density at radius 1 is 1.55 bits per heavy atom. The van der Waals surface area contributed by atoms with Crippen LogP contribution < -0.4 is 11.4 Å². The lowest BCUT2D eigenvalue weighted by atomic mass is 10.1. The topological polar surface area (TPSA) is 106 Å². The molecule has 0 saturated carbocycles. The molecule has 3 rings (SSSR count). The molecule has 0 radical (unpaired) electrons. The van der Waals surface area contributed by atoms with E-state index in [0.29, 0.717) is 4.57 Å². The van der Waals surface area contributed by atoms with Crippen molar-refractivity contribution in [3.05, 3.63) is 22.7 Å². The number of hydrogen-bond acceptors (Lipinski definition) is 7. The Bertz CT molecular complexity index is 624. The summed E-state index contributed by atoms with van der Waals surface area (Å²) in [4.78, 5) is 15.0. The number of alkyl halides is 2. The van der Waals surface area contributed by atoms with Crippen LogP contribution in [0, 0.1) is 0 Å². The Kier molecular flexibility index (Phi) is 3.05. The molecular formula is C9H9F2N3O5P+. The first-order valence-corrected chi connectivity index (χ1v) is 6.64. The third-order valence-corrected chi connectivity index (χ3v) is 3.76. The van der Waals surface area contributed by atoms with Gasteiger partial charge in [-0.2, -0.15) is 13.8 Å². The summed E-state index contributed by atoms with van der Waals surface area (Å²) in [6, 6.07) is 1.20. The van der Waals surface area contributed by atoms with Crippen LogP contribution in [0.15, 0.2) is 17.1 Å². The summed E-state index contributed by atoms with van der Waals surface area (Å²) >= 11 is 0. The molecule has 1 aromatic heterocycles. The first kappa shape index (κ1) is 13.5. The van der Waals surface area contributed by atoms with E-state index in [0.717, 1.165) is 6.20 Å². The first-order chi connectivity index (χ1) is 9.39. The number of anilines is 1. The quantitative estimate of drug-likeness (QED) is 0.750. The lowest BCUT2D eigenvalue weighted by Crippen LogP contribution is -2.43. The monoisotopic (exact) mass is 308 g/mol. The largest absolute Gasteiger partial charge is 0.698 e. The number of nitrogen functional groups attached to an aromatic ring is 1. The van der Waals surface area contributed by atoms with Crippen molar-refractivity contribution in [1.82, 2.24) is 9.55 Å². The number of ether oxygens (including phenoxy) is 1. The van der Waals surface area contributed by atoms with Crippen LogP contribution >= 0.6 is 8.25 Å². The predicted molar refractivity (Wildman–Crippen MR) is 60.2 cm³/mol. The van der Waals surface area contributed by atoms with Gasteiger partial charge in [0.25, 0.3) is 0 Å². The van der Waals surface area contributed by atoms with Crippen molar-refractivity contribution in [1.29, 1.82) is 0 Å². The Morgan fingerprint density at radius 3 is 3.00 bits per heavy atom. The van der Waals surface area contributed by atoms with Gasteiger partial charge in [-0.3, -0.25) is 4.57 Å². The lowest BCUT2D eigenvalue weighted by molar-refractivity contribution is -0.135. The highest BCUT2D eigenvalue weighted by atomic mass is 31.1. The zero-order valence-corrected chi connectivity index (χ0v) is 10.7. The van der Waals surface area contributed by atoms with Gasteiger partial charge in [0.2, 0.25) is 12.3 Å². The van der Waals surface area contributed by atoms with Crippen molar-refractivity contribution in [2.24, 2.45) is 0 Å². The van der Waals surface area contributed by atoms with E-state index in [1.54, 1.807) is 0 Å². The molecule has 8 nitrogen and oxygen atoms in total. The molecule has 0 amide bonds. The molecule has 2 aliphatic heterocycles. The number of fused-ring (bicyclic) bond motifs is 1. The van der Waals surface area contributed by atoms with E-state index < -0.39 is 38.3 Å². The van der Waals surface area contributed by atoms with E-state index in [1.165, 1.54) is 6.07 Å². The van der Waals surface area contributed by atoms with Gasteiger partial charge in [0, 0.05) is 10.8 Å². The van der Waals surface area contributed by atoms with Gasteiger partial charge in [-0.15, -0.1) is 9.05 Å². The van der Waals surface area contributed by atoms with Crippen LogP contribution in [0.25, 0.3) is 0 Å². The second-order valence-electron chi connectivity index (χ2n) is 4.29. The van der Waals surface area contributed by atoms with Gasteiger partial charge in [-0.25, -0.2) is 4.79 Å². The predicted octanol–water partition coefficient (Wildman–Crippen LogP) is 0.431. The summed E-state index contributed by atoms with van der Waals surface area (Å²) < 4.78 is 54.5. The number of rotatable bonds is 1. The van der Waals surface area contributed by atoms with Gasteiger partial charge in [0.05, 0.1) is 0 Å². The van der Waals surface area contributed by atoms with Gasteiger partial charge in [-0.1, -0.05) is 0 Å². The molecule has 4 atom stereocenters. The van der Waals surface area contributed by atoms with Crippen LogP contribution in [-0.2, 0) is 18.3 Å². The molecule has 2 aliphatic rings. The van der Waals surface area contributed by atoms with Crippen LogP contribution in [0.5, 0.6) is 0 Å². The molecule has 0 spiro atoms. The highest BCUT2D eigenvalue weighted by molar-refractivity contribution is 7.33. The molecule has 20 heavy (non-hydrogen) atoms. The van der Waals surface area contributed by atoms with E-state index in [-0.39, 0.29) is 12.4 Å². The minimum absolute atomic E-state index is 0.0901. The summed E-state index contributed by atoms with van der Waals surface area (Å²) in [5, 5.41) is 0. The average molecular weight is 308 g/mol. The van der Waals surface area contributed by atoms with E-state index in [4.69, 9.17) is 10.5 Å². The Hall–Kier alpha value is -1.48. The number of nitrogens with zero attached hydrogens (tertiary/aromatic N) is 2. The molecule has 11 heteroatoms. The average Bonchev–Trinajstić information content (AvgIpc) is 2.62. The van der Waals surface area contributed by atoms with Crippen LogP contribution in [0.4, 0.5) is 14.6 Å². The van der Waals surface area contributed by atoms with Crippen molar-refractivity contribution in [2.45, 2.75) is 24.4 Å². The smallest absolute Gasteiger partial charge is 0.383 e. The number of aromatic nitrogens is 2. The summed E-state index contributed by atoms with van der Waals surface area (Å²) in [5.41, 5.74) is 4.32. The molecule has 3 heterocycles. The van der Waals surface area contributed by atoms with E-state index in [2.05, 4.69) is 14.0 Å². The number of hydrogen-bond donors (Lipinski definition) is 1. The molecule has 0 aromatic carbocycles. The maximum absolute atomic E-state index is 14.2. The Balaban J connectivity index is 1.98. The van der Waals surface area contributed by atoms with Crippen LogP contribution in [-0.4, -0.2) is 34.3 Å². The third-order valence-electron chi connectivity index (χ3n) is 3.00. The first-order valence-electron chi connectivity index (χ1n) is 5.54. The summed E-state index contributed by atoms with van der Waals surface area (Å²) in [6.45, 7) is -0.302.